The first kappa shape index (κ1) is 50.2. The first-order chi connectivity index (χ1) is 35.0. The fourth-order valence-electron chi connectivity index (χ4n) is 7.50. The van der Waals surface area contributed by atoms with Crippen molar-refractivity contribution >= 4 is 67.8 Å². The summed E-state index contributed by atoms with van der Waals surface area (Å²) >= 11 is 0. The molecule has 20 heteroatoms. The molecule has 0 atom stereocenters. The summed E-state index contributed by atoms with van der Waals surface area (Å²) < 4.78 is 66.1. The SMILES string of the molecule is Cc1cc(=O)oc2cc(OCC(=O)OCC(COC(=O)COc3ccc4c(C)cc(=O)oc4c3)(COC(=O)COc3ccc4c(C)cc(=O)oc4c3)COC(=O)COc3ccc4c(C)cc(=O)oc4c3)ccc12. The van der Waals surface area contributed by atoms with Crippen LogP contribution in [-0.4, -0.2) is 76.7 Å². The lowest BCUT2D eigenvalue weighted by Crippen LogP contribution is -2.45. The molecular weight excluding hydrogens is 957 g/mol. The van der Waals surface area contributed by atoms with E-state index in [1.165, 1.54) is 48.5 Å². The van der Waals surface area contributed by atoms with Gasteiger partial charge in [-0.1, -0.05) is 0 Å². The van der Waals surface area contributed by atoms with Gasteiger partial charge in [0.05, 0.1) is 0 Å². The normalized spacial score (nSPS) is 11.3. The molecule has 20 nitrogen and oxygen atoms in total. The highest BCUT2D eigenvalue weighted by atomic mass is 16.6. The summed E-state index contributed by atoms with van der Waals surface area (Å²) in [6.07, 6.45) is 0. The lowest BCUT2D eigenvalue weighted by atomic mass is 9.92. The Morgan fingerprint density at radius 2 is 0.575 bits per heavy atom. The van der Waals surface area contributed by atoms with Gasteiger partial charge in [-0.2, -0.15) is 0 Å². The summed E-state index contributed by atoms with van der Waals surface area (Å²) in [4.78, 5) is 101. The van der Waals surface area contributed by atoms with E-state index in [4.69, 9.17) is 55.6 Å². The molecule has 0 aliphatic heterocycles. The third-order valence-electron chi connectivity index (χ3n) is 11.3. The van der Waals surface area contributed by atoms with Crippen LogP contribution in [0.2, 0.25) is 0 Å². The largest absolute Gasteiger partial charge is 0.482 e. The van der Waals surface area contributed by atoms with Gasteiger partial charge in [0.1, 0.15) is 77.2 Å². The summed E-state index contributed by atoms with van der Waals surface area (Å²) in [6.45, 7) is 1.32. The number of hydrogen-bond acceptors (Lipinski definition) is 20. The molecule has 4 aromatic heterocycles. The number of carbonyl (C=O) groups is 4. The molecule has 0 unspecified atom stereocenters. The van der Waals surface area contributed by atoms with Crippen LogP contribution in [0.25, 0.3) is 43.9 Å². The maximum Gasteiger partial charge on any atom is 0.344 e. The molecule has 0 saturated carbocycles. The van der Waals surface area contributed by atoms with Crippen LogP contribution < -0.4 is 41.4 Å². The Balaban J connectivity index is 1.000. The van der Waals surface area contributed by atoms with E-state index < -0.39 is 105 Å². The van der Waals surface area contributed by atoms with E-state index in [-0.39, 0.29) is 45.3 Å². The molecule has 0 amide bonds. The average molecular weight is 1000 g/mol. The molecule has 0 N–H and O–H groups in total. The summed E-state index contributed by atoms with van der Waals surface area (Å²) in [5, 5.41) is 2.56. The average Bonchev–Trinajstić information content (AvgIpc) is 3.35. The van der Waals surface area contributed by atoms with Gasteiger partial charge in [-0.15, -0.1) is 0 Å². The van der Waals surface area contributed by atoms with E-state index in [2.05, 4.69) is 0 Å². The van der Waals surface area contributed by atoms with Crippen LogP contribution in [0.3, 0.4) is 0 Å². The zero-order chi connectivity index (χ0) is 51.8. The molecule has 0 bridgehead atoms. The molecule has 73 heavy (non-hydrogen) atoms. The van der Waals surface area contributed by atoms with Gasteiger partial charge in [0.15, 0.2) is 26.4 Å². The van der Waals surface area contributed by atoms with Gasteiger partial charge in [-0.25, -0.2) is 38.4 Å². The van der Waals surface area contributed by atoms with Crippen LogP contribution in [-0.2, 0) is 38.1 Å². The Bertz CT molecular complexity index is 3190. The predicted octanol–water partition coefficient (Wildman–Crippen LogP) is 6.12. The minimum absolute atomic E-state index is 0.150. The molecule has 0 radical (unpaired) electrons. The number of benzene rings is 4. The molecule has 0 fully saturated rings. The Morgan fingerprint density at radius 1 is 0.356 bits per heavy atom. The smallest absolute Gasteiger partial charge is 0.344 e. The Labute approximate surface area is 411 Å². The van der Waals surface area contributed by atoms with E-state index in [9.17, 15) is 38.4 Å². The molecule has 0 saturated heterocycles. The first-order valence-corrected chi connectivity index (χ1v) is 22.3. The minimum atomic E-state index is -1.84. The number of fused-ring (bicyclic) bond motifs is 4. The standard InChI is InChI=1S/C53H44O20/c1-29-13-45(54)70-41-17-33(5-9-37(29)41)62-21-49(58)66-25-53(26-67-50(59)22-63-34-6-10-38-30(2)14-46(55)71-42(38)18-34,27-68-51(60)23-64-35-7-11-39-31(3)15-47(56)72-43(39)19-35)28-69-52(61)24-65-36-8-12-40-32(4)16-48(57)73-44(40)20-36/h5-20H,21-28H2,1-4H3. The quantitative estimate of drug-likeness (QED) is 0.0473. The third-order valence-corrected chi connectivity index (χ3v) is 11.3. The molecule has 4 heterocycles. The maximum absolute atomic E-state index is 13.3. The second kappa shape index (κ2) is 21.8. The fraction of sp³-hybridized carbons (Fsp3) is 0.245. The maximum atomic E-state index is 13.3. The number of carbonyl (C=O) groups excluding carboxylic acids is 4. The van der Waals surface area contributed by atoms with E-state index >= 15 is 0 Å². The van der Waals surface area contributed by atoms with Crippen molar-refractivity contribution in [3.8, 4) is 23.0 Å². The van der Waals surface area contributed by atoms with Crippen LogP contribution >= 0.6 is 0 Å². The second-order valence-electron chi connectivity index (χ2n) is 16.9. The third kappa shape index (κ3) is 12.8. The van der Waals surface area contributed by atoms with E-state index in [1.807, 2.05) is 0 Å². The van der Waals surface area contributed by atoms with Crippen molar-refractivity contribution < 1.29 is 74.7 Å². The Morgan fingerprint density at radius 3 is 0.795 bits per heavy atom. The van der Waals surface area contributed by atoms with E-state index in [1.54, 1.807) is 76.2 Å². The molecule has 4 aromatic carbocycles. The lowest BCUT2D eigenvalue weighted by Gasteiger charge is -2.31. The number of esters is 4. The number of rotatable bonds is 20. The molecule has 0 aliphatic rings. The molecule has 8 rings (SSSR count). The number of ether oxygens (including phenoxy) is 8. The highest BCUT2D eigenvalue weighted by Gasteiger charge is 2.38. The van der Waals surface area contributed by atoms with Gasteiger partial charge in [0.25, 0.3) is 0 Å². The van der Waals surface area contributed by atoms with Gasteiger partial charge in [0.2, 0.25) is 0 Å². The highest BCUT2D eigenvalue weighted by molar-refractivity contribution is 5.84. The van der Waals surface area contributed by atoms with Crippen LogP contribution in [0.4, 0.5) is 0 Å². The van der Waals surface area contributed by atoms with Gasteiger partial charge >= 0.3 is 46.4 Å². The van der Waals surface area contributed by atoms with Crippen LogP contribution in [0.5, 0.6) is 23.0 Å². The van der Waals surface area contributed by atoms with E-state index in [0.29, 0.717) is 43.8 Å². The Kier molecular flexibility index (Phi) is 15.0. The highest BCUT2D eigenvalue weighted by Crippen LogP contribution is 2.27. The van der Waals surface area contributed by atoms with E-state index in [0.717, 1.165) is 0 Å². The molecular formula is C53H44O20. The number of aryl methyl sites for hydroxylation is 4. The van der Waals surface area contributed by atoms with Gasteiger partial charge in [-0.3, -0.25) is 0 Å². The monoisotopic (exact) mass is 1000 g/mol. The first-order valence-electron chi connectivity index (χ1n) is 22.3. The molecule has 0 spiro atoms. The van der Waals surface area contributed by atoms with Crippen molar-refractivity contribution in [2.75, 3.05) is 52.9 Å². The van der Waals surface area contributed by atoms with Gasteiger partial charge in [-0.05, 0) is 98.5 Å². The van der Waals surface area contributed by atoms with Gasteiger partial charge < -0.3 is 55.6 Å². The lowest BCUT2D eigenvalue weighted by molar-refractivity contribution is -0.173. The molecule has 8 aromatic rings. The zero-order valence-corrected chi connectivity index (χ0v) is 39.6. The fourth-order valence-corrected chi connectivity index (χ4v) is 7.50. The topological polar surface area (TPSA) is 263 Å². The molecule has 376 valence electrons. The van der Waals surface area contributed by atoms with Crippen LogP contribution in [0.15, 0.2) is 134 Å². The Hall–Kier alpha value is -9.20. The van der Waals surface area contributed by atoms with Crippen molar-refractivity contribution in [2.24, 2.45) is 5.41 Å². The summed E-state index contributed by atoms with van der Waals surface area (Å²) in [5.41, 5.74) is -0.665. The zero-order valence-electron chi connectivity index (χ0n) is 39.6. The summed E-state index contributed by atoms with van der Waals surface area (Å²) in [7, 11) is 0. The number of hydrogen-bond donors (Lipinski definition) is 0. The van der Waals surface area contributed by atoms with Crippen molar-refractivity contribution in [3.05, 3.63) is 161 Å². The summed E-state index contributed by atoms with van der Waals surface area (Å²) in [5.74, 6) is -3.27. The van der Waals surface area contributed by atoms with Gasteiger partial charge in [0, 0.05) is 70.1 Å². The minimum Gasteiger partial charge on any atom is -0.482 e. The van der Waals surface area contributed by atoms with Crippen molar-refractivity contribution in [2.45, 2.75) is 27.7 Å². The van der Waals surface area contributed by atoms with Crippen molar-refractivity contribution in [3.63, 3.8) is 0 Å². The second-order valence-corrected chi connectivity index (χ2v) is 16.9. The predicted molar refractivity (Wildman–Crippen MR) is 257 cm³/mol. The summed E-state index contributed by atoms with van der Waals surface area (Å²) in [6, 6.07) is 23.8. The van der Waals surface area contributed by atoms with Crippen LogP contribution in [0, 0.1) is 33.1 Å². The van der Waals surface area contributed by atoms with Crippen molar-refractivity contribution in [1.29, 1.82) is 0 Å². The molecule has 0 aliphatic carbocycles. The van der Waals surface area contributed by atoms with Crippen LogP contribution in [0.1, 0.15) is 22.3 Å². The van der Waals surface area contributed by atoms with Crippen molar-refractivity contribution in [1.82, 2.24) is 0 Å².